The highest BCUT2D eigenvalue weighted by molar-refractivity contribution is 6.31. The molecule has 2 aromatic carbocycles. The summed E-state index contributed by atoms with van der Waals surface area (Å²) in [6, 6.07) is 13.0. The predicted octanol–water partition coefficient (Wildman–Crippen LogP) is 2.96. The molecule has 2 aromatic rings. The van der Waals surface area contributed by atoms with Gasteiger partial charge in [0.1, 0.15) is 5.70 Å². The van der Waals surface area contributed by atoms with Crippen LogP contribution in [-0.4, -0.2) is 23.4 Å². The average Bonchev–Trinajstić information content (AvgIpc) is 2.88. The van der Waals surface area contributed by atoms with Gasteiger partial charge in [-0.3, -0.25) is 19.2 Å². The second kappa shape index (κ2) is 6.76. The quantitative estimate of drug-likeness (QED) is 0.663. The van der Waals surface area contributed by atoms with Crippen LogP contribution in [0.3, 0.4) is 0 Å². The van der Waals surface area contributed by atoms with Gasteiger partial charge >= 0.3 is 0 Å². The number of hydrogen-bond acceptors (Lipinski definition) is 5. The Morgan fingerprint density at radius 1 is 0.885 bits per heavy atom. The zero-order valence-electron chi connectivity index (χ0n) is 14.3. The van der Waals surface area contributed by atoms with Crippen LogP contribution in [0.5, 0.6) is 0 Å². The summed E-state index contributed by atoms with van der Waals surface area (Å²) in [6.07, 6.45) is 1.20. The van der Waals surface area contributed by atoms with Crippen molar-refractivity contribution in [3.8, 4) is 0 Å². The molecule has 3 rings (SSSR count). The highest BCUT2D eigenvalue weighted by Gasteiger charge is 2.32. The minimum atomic E-state index is -0.524. The Labute approximate surface area is 150 Å². The molecule has 0 saturated carbocycles. The number of imide groups is 1. The molecule has 0 radical (unpaired) electrons. The van der Waals surface area contributed by atoms with Gasteiger partial charge in [0.15, 0.2) is 11.6 Å². The molecular weight excluding hydrogens is 332 g/mol. The summed E-state index contributed by atoms with van der Waals surface area (Å²) in [5.74, 6) is -1.28. The summed E-state index contributed by atoms with van der Waals surface area (Å²) >= 11 is 0. The largest absolute Gasteiger partial charge is 0.351 e. The summed E-state index contributed by atoms with van der Waals surface area (Å²) in [6.45, 7) is 2.87. The third kappa shape index (κ3) is 3.30. The zero-order chi connectivity index (χ0) is 18.8. The van der Waals surface area contributed by atoms with Gasteiger partial charge in [0.25, 0.3) is 11.8 Å². The topological polar surface area (TPSA) is 83.6 Å². The van der Waals surface area contributed by atoms with Crippen LogP contribution in [0.25, 0.3) is 0 Å². The number of benzene rings is 2. The molecule has 26 heavy (non-hydrogen) atoms. The third-order valence-corrected chi connectivity index (χ3v) is 3.98. The average molecular weight is 348 g/mol. The first-order valence-corrected chi connectivity index (χ1v) is 7.96. The van der Waals surface area contributed by atoms with Crippen molar-refractivity contribution in [3.05, 3.63) is 71.4 Å². The molecule has 0 unspecified atom stereocenters. The van der Waals surface area contributed by atoms with Gasteiger partial charge in [-0.05, 0) is 38.1 Å². The van der Waals surface area contributed by atoms with E-state index in [-0.39, 0.29) is 17.3 Å². The number of carbonyl (C=O) groups excluding carboxylic acids is 4. The van der Waals surface area contributed by atoms with Crippen LogP contribution in [0.4, 0.5) is 11.4 Å². The maximum Gasteiger partial charge on any atom is 0.281 e. The SMILES string of the molecule is CC(=O)c1cccc(NC2=CC(=O)N(c3cccc(C(C)=O)c3)C2=O)c1. The summed E-state index contributed by atoms with van der Waals surface area (Å²) in [4.78, 5) is 48.9. The lowest BCUT2D eigenvalue weighted by atomic mass is 10.1. The van der Waals surface area contributed by atoms with Crippen LogP contribution in [0, 0.1) is 0 Å². The van der Waals surface area contributed by atoms with Crippen molar-refractivity contribution < 1.29 is 19.2 Å². The van der Waals surface area contributed by atoms with Gasteiger partial charge in [-0.25, -0.2) is 4.90 Å². The molecule has 6 heteroatoms. The second-order valence-corrected chi connectivity index (χ2v) is 5.91. The molecule has 0 aromatic heterocycles. The van der Waals surface area contributed by atoms with E-state index in [9.17, 15) is 19.2 Å². The first-order valence-electron chi connectivity index (χ1n) is 7.96. The molecule has 1 heterocycles. The molecule has 2 amide bonds. The van der Waals surface area contributed by atoms with Gasteiger partial charge in [-0.2, -0.15) is 0 Å². The molecule has 0 spiro atoms. The molecule has 0 fully saturated rings. The molecule has 0 saturated heterocycles. The van der Waals surface area contributed by atoms with E-state index in [1.807, 2.05) is 0 Å². The number of anilines is 2. The maximum atomic E-state index is 12.6. The van der Waals surface area contributed by atoms with Gasteiger partial charge in [-0.1, -0.05) is 24.3 Å². The second-order valence-electron chi connectivity index (χ2n) is 5.91. The van der Waals surface area contributed by atoms with E-state index < -0.39 is 11.8 Å². The van der Waals surface area contributed by atoms with Gasteiger partial charge in [0, 0.05) is 22.9 Å². The van der Waals surface area contributed by atoms with Crippen molar-refractivity contribution in [1.82, 2.24) is 0 Å². The number of Topliss-reactive ketones (excluding diaryl/α,β-unsaturated/α-hetero) is 2. The summed E-state index contributed by atoms with van der Waals surface area (Å²) in [7, 11) is 0. The van der Waals surface area contributed by atoms with Gasteiger partial charge in [-0.15, -0.1) is 0 Å². The van der Waals surface area contributed by atoms with E-state index in [2.05, 4.69) is 5.32 Å². The Hall–Kier alpha value is -3.54. The van der Waals surface area contributed by atoms with Crippen LogP contribution in [0.15, 0.2) is 60.3 Å². The maximum absolute atomic E-state index is 12.6. The highest BCUT2D eigenvalue weighted by Crippen LogP contribution is 2.25. The van der Waals surface area contributed by atoms with E-state index >= 15 is 0 Å². The predicted molar refractivity (Wildman–Crippen MR) is 97.1 cm³/mol. The fourth-order valence-corrected chi connectivity index (χ4v) is 2.64. The lowest BCUT2D eigenvalue weighted by Crippen LogP contribution is -2.32. The number of rotatable bonds is 5. The number of carbonyl (C=O) groups is 4. The molecule has 6 nitrogen and oxygen atoms in total. The van der Waals surface area contributed by atoms with Crippen LogP contribution in [0.2, 0.25) is 0 Å². The number of nitrogens with zero attached hydrogens (tertiary/aromatic N) is 1. The molecular formula is C20H16N2O4. The van der Waals surface area contributed by atoms with Gasteiger partial charge in [0.2, 0.25) is 0 Å². The van der Waals surface area contributed by atoms with E-state index in [4.69, 9.17) is 0 Å². The zero-order valence-corrected chi connectivity index (χ0v) is 14.3. The smallest absolute Gasteiger partial charge is 0.281 e. The lowest BCUT2D eigenvalue weighted by molar-refractivity contribution is -0.120. The molecule has 130 valence electrons. The Morgan fingerprint density at radius 3 is 2.15 bits per heavy atom. The monoisotopic (exact) mass is 348 g/mol. The van der Waals surface area contributed by atoms with Crippen molar-refractivity contribution in [2.75, 3.05) is 10.2 Å². The van der Waals surface area contributed by atoms with Crippen LogP contribution in [-0.2, 0) is 9.59 Å². The van der Waals surface area contributed by atoms with Gasteiger partial charge in [0.05, 0.1) is 5.69 Å². The fraction of sp³-hybridized carbons (Fsp3) is 0.100. The standard InChI is InChI=1S/C20H16N2O4/c1-12(23)14-5-3-7-16(9-14)21-18-11-19(25)22(20(18)26)17-8-4-6-15(10-17)13(2)24/h3-11,21H,1-2H3. The normalized spacial score (nSPS) is 13.6. The number of hydrogen-bond donors (Lipinski definition) is 1. The minimum absolute atomic E-state index is 0.0980. The fourth-order valence-electron chi connectivity index (χ4n) is 2.64. The molecule has 0 atom stereocenters. The lowest BCUT2D eigenvalue weighted by Gasteiger charge is -2.16. The van der Waals surface area contributed by atoms with E-state index in [0.29, 0.717) is 22.5 Å². The first kappa shape index (κ1) is 17.3. The highest BCUT2D eigenvalue weighted by atomic mass is 16.2. The van der Waals surface area contributed by atoms with E-state index in [1.165, 1.54) is 26.0 Å². The van der Waals surface area contributed by atoms with Crippen LogP contribution >= 0.6 is 0 Å². The van der Waals surface area contributed by atoms with Crippen molar-refractivity contribution in [3.63, 3.8) is 0 Å². The Kier molecular flexibility index (Phi) is 4.49. The van der Waals surface area contributed by atoms with Crippen molar-refractivity contribution in [1.29, 1.82) is 0 Å². The molecule has 1 N–H and O–H groups in total. The van der Waals surface area contributed by atoms with Crippen molar-refractivity contribution >= 4 is 34.8 Å². The van der Waals surface area contributed by atoms with Crippen molar-refractivity contribution in [2.24, 2.45) is 0 Å². The van der Waals surface area contributed by atoms with Gasteiger partial charge < -0.3 is 5.32 Å². The Morgan fingerprint density at radius 2 is 1.50 bits per heavy atom. The number of ketones is 2. The molecule has 0 bridgehead atoms. The van der Waals surface area contributed by atoms with Crippen molar-refractivity contribution in [2.45, 2.75) is 13.8 Å². The first-order chi connectivity index (χ1) is 12.4. The number of amides is 2. The third-order valence-electron chi connectivity index (χ3n) is 3.98. The minimum Gasteiger partial charge on any atom is -0.351 e. The molecule has 0 aliphatic carbocycles. The Bertz CT molecular complexity index is 975. The Balaban J connectivity index is 1.86. The van der Waals surface area contributed by atoms with E-state index in [1.54, 1.807) is 42.5 Å². The van der Waals surface area contributed by atoms with Crippen LogP contribution < -0.4 is 10.2 Å². The summed E-state index contributed by atoms with van der Waals surface area (Å²) in [5, 5.41) is 2.88. The van der Waals surface area contributed by atoms with E-state index in [0.717, 1.165) is 4.90 Å². The molecule has 1 aliphatic heterocycles. The summed E-state index contributed by atoms with van der Waals surface area (Å²) in [5.41, 5.74) is 1.88. The van der Waals surface area contributed by atoms with Crippen LogP contribution in [0.1, 0.15) is 34.6 Å². The number of nitrogens with one attached hydrogen (secondary N) is 1. The summed E-state index contributed by atoms with van der Waals surface area (Å²) < 4.78 is 0. The molecule has 1 aliphatic rings.